The van der Waals surface area contributed by atoms with Crippen molar-refractivity contribution in [2.75, 3.05) is 11.9 Å². The van der Waals surface area contributed by atoms with Crippen molar-refractivity contribution in [1.82, 2.24) is 0 Å². The fraction of sp³-hybridized carbons (Fsp3) is 0.188. The lowest BCUT2D eigenvalue weighted by Crippen LogP contribution is -2.17. The second kappa shape index (κ2) is 6.50. The van der Waals surface area contributed by atoms with Gasteiger partial charge in [-0.15, -0.1) is 0 Å². The third-order valence-corrected chi connectivity index (χ3v) is 3.68. The molecule has 2 rings (SSSR count). The zero-order chi connectivity index (χ0) is 15.4. The van der Waals surface area contributed by atoms with Crippen molar-refractivity contribution in [3.63, 3.8) is 0 Å². The van der Waals surface area contributed by atoms with Crippen LogP contribution in [0.25, 0.3) is 0 Å². The molecular formula is C16H18ClN3O. The number of halogens is 1. The summed E-state index contributed by atoms with van der Waals surface area (Å²) < 4.78 is 0. The van der Waals surface area contributed by atoms with Gasteiger partial charge in [0.25, 0.3) is 0 Å². The summed E-state index contributed by atoms with van der Waals surface area (Å²) in [5.74, 6) is 0.103. The van der Waals surface area contributed by atoms with Gasteiger partial charge in [0.2, 0.25) is 0 Å². The predicted octanol–water partition coefficient (Wildman–Crippen LogP) is 3.38. The van der Waals surface area contributed by atoms with Gasteiger partial charge in [0, 0.05) is 29.9 Å². The number of hydrogen-bond donors (Lipinski definition) is 2. The first-order valence-electron chi connectivity index (χ1n) is 6.55. The molecule has 5 heteroatoms. The van der Waals surface area contributed by atoms with Gasteiger partial charge in [-0.1, -0.05) is 28.9 Å². The molecule has 0 aliphatic rings. The minimum absolute atomic E-state index is 0.103. The Hall–Kier alpha value is -2.20. The first-order chi connectivity index (χ1) is 10.0. The third kappa shape index (κ3) is 3.67. The second-order valence-electron chi connectivity index (χ2n) is 4.98. The molecule has 0 heterocycles. The maximum atomic E-state index is 8.65. The summed E-state index contributed by atoms with van der Waals surface area (Å²) in [6.07, 6.45) is 0. The maximum Gasteiger partial charge on any atom is 0.170 e. The maximum absolute atomic E-state index is 8.65. The average Bonchev–Trinajstić information content (AvgIpc) is 2.49. The van der Waals surface area contributed by atoms with E-state index in [1.807, 2.05) is 50.4 Å². The van der Waals surface area contributed by atoms with Crippen LogP contribution in [0, 0.1) is 6.92 Å². The van der Waals surface area contributed by atoms with Crippen LogP contribution < -0.4 is 10.6 Å². The van der Waals surface area contributed by atoms with Crippen LogP contribution in [0.2, 0.25) is 5.02 Å². The number of oxime groups is 1. The van der Waals surface area contributed by atoms with Gasteiger partial charge in [-0.3, -0.25) is 0 Å². The van der Waals surface area contributed by atoms with E-state index in [-0.39, 0.29) is 5.84 Å². The lowest BCUT2D eigenvalue weighted by atomic mass is 10.1. The number of nitrogens with two attached hydrogens (primary N) is 1. The molecule has 0 atom stereocenters. The van der Waals surface area contributed by atoms with Crippen molar-refractivity contribution in [3.8, 4) is 0 Å². The zero-order valence-corrected chi connectivity index (χ0v) is 12.8. The summed E-state index contributed by atoms with van der Waals surface area (Å²) >= 11 is 6.26. The molecule has 0 unspecified atom stereocenters. The van der Waals surface area contributed by atoms with Crippen molar-refractivity contribution in [3.05, 3.63) is 64.2 Å². The summed E-state index contributed by atoms with van der Waals surface area (Å²) in [6, 6.07) is 13.5. The normalized spacial score (nSPS) is 11.5. The van der Waals surface area contributed by atoms with Crippen molar-refractivity contribution < 1.29 is 5.21 Å². The van der Waals surface area contributed by atoms with Crippen LogP contribution >= 0.6 is 11.6 Å². The molecule has 0 amide bonds. The number of amidine groups is 1. The fourth-order valence-corrected chi connectivity index (χ4v) is 2.37. The highest BCUT2D eigenvalue weighted by molar-refractivity contribution is 6.31. The van der Waals surface area contributed by atoms with Gasteiger partial charge in [-0.2, -0.15) is 0 Å². The van der Waals surface area contributed by atoms with Gasteiger partial charge in [-0.25, -0.2) is 0 Å². The smallest absolute Gasteiger partial charge is 0.170 e. The Labute approximate surface area is 129 Å². The van der Waals surface area contributed by atoms with E-state index in [0.29, 0.717) is 12.1 Å². The number of benzene rings is 2. The Balaban J connectivity index is 2.14. The molecule has 21 heavy (non-hydrogen) atoms. The van der Waals surface area contributed by atoms with Crippen molar-refractivity contribution >= 4 is 23.1 Å². The Morgan fingerprint density at radius 3 is 2.48 bits per heavy atom. The Kier molecular flexibility index (Phi) is 4.70. The Morgan fingerprint density at radius 2 is 1.90 bits per heavy atom. The average molecular weight is 304 g/mol. The molecule has 0 saturated carbocycles. The van der Waals surface area contributed by atoms with Gasteiger partial charge in [0.1, 0.15) is 0 Å². The number of hydrogen-bond acceptors (Lipinski definition) is 3. The van der Waals surface area contributed by atoms with E-state index in [1.54, 1.807) is 0 Å². The molecule has 110 valence electrons. The molecule has 0 aromatic heterocycles. The van der Waals surface area contributed by atoms with Crippen LogP contribution in [0.15, 0.2) is 47.6 Å². The first kappa shape index (κ1) is 15.2. The summed E-state index contributed by atoms with van der Waals surface area (Å²) in [7, 11) is 1.99. The van der Waals surface area contributed by atoms with E-state index in [9.17, 15) is 0 Å². The van der Waals surface area contributed by atoms with E-state index < -0.39 is 0 Å². The van der Waals surface area contributed by atoms with Crippen molar-refractivity contribution in [2.24, 2.45) is 10.9 Å². The van der Waals surface area contributed by atoms with Crippen LogP contribution in [-0.2, 0) is 6.54 Å². The largest absolute Gasteiger partial charge is 0.409 e. The molecule has 0 bridgehead atoms. The molecule has 2 aromatic rings. The zero-order valence-electron chi connectivity index (χ0n) is 12.0. The Bertz CT molecular complexity index is 653. The standard InChI is InChI=1S/C16H18ClN3O/c1-11-3-4-13(15(17)9-11)10-20(2)14-7-5-12(6-8-14)16(18)19-21/h3-9,21H,10H2,1-2H3,(H2,18,19). The molecule has 0 aliphatic carbocycles. The van der Waals surface area contributed by atoms with E-state index in [0.717, 1.165) is 21.8 Å². The van der Waals surface area contributed by atoms with Gasteiger partial charge in [0.15, 0.2) is 5.84 Å². The van der Waals surface area contributed by atoms with Crippen LogP contribution in [0.3, 0.4) is 0 Å². The van der Waals surface area contributed by atoms with Crippen LogP contribution in [-0.4, -0.2) is 18.1 Å². The molecule has 0 spiro atoms. The number of anilines is 1. The van der Waals surface area contributed by atoms with Gasteiger partial charge in [-0.05, 0) is 48.4 Å². The first-order valence-corrected chi connectivity index (χ1v) is 6.93. The molecule has 3 N–H and O–H groups in total. The minimum Gasteiger partial charge on any atom is -0.409 e. The highest BCUT2D eigenvalue weighted by Crippen LogP contribution is 2.22. The number of nitrogens with zero attached hydrogens (tertiary/aromatic N) is 2. The van der Waals surface area contributed by atoms with Crippen LogP contribution in [0.5, 0.6) is 0 Å². The molecule has 0 radical (unpaired) electrons. The highest BCUT2D eigenvalue weighted by atomic mass is 35.5. The third-order valence-electron chi connectivity index (χ3n) is 3.33. The summed E-state index contributed by atoms with van der Waals surface area (Å²) in [5.41, 5.74) is 9.48. The molecule has 0 saturated heterocycles. The fourth-order valence-electron chi connectivity index (χ4n) is 2.07. The minimum atomic E-state index is 0.103. The van der Waals surface area contributed by atoms with Gasteiger partial charge >= 0.3 is 0 Å². The SMILES string of the molecule is Cc1ccc(CN(C)c2ccc(/C(N)=N/O)cc2)c(Cl)c1. The Morgan fingerprint density at radius 1 is 1.24 bits per heavy atom. The summed E-state index contributed by atoms with van der Waals surface area (Å²) in [5, 5.41) is 12.4. The van der Waals surface area contributed by atoms with Crippen LogP contribution in [0.1, 0.15) is 16.7 Å². The van der Waals surface area contributed by atoms with E-state index >= 15 is 0 Å². The number of rotatable bonds is 4. The van der Waals surface area contributed by atoms with Crippen molar-refractivity contribution in [2.45, 2.75) is 13.5 Å². The summed E-state index contributed by atoms with van der Waals surface area (Å²) in [6.45, 7) is 2.73. The van der Waals surface area contributed by atoms with Crippen LogP contribution in [0.4, 0.5) is 5.69 Å². The van der Waals surface area contributed by atoms with Crippen molar-refractivity contribution in [1.29, 1.82) is 0 Å². The molecular weight excluding hydrogens is 286 g/mol. The quantitative estimate of drug-likeness (QED) is 0.394. The number of aryl methyl sites for hydroxylation is 1. The summed E-state index contributed by atoms with van der Waals surface area (Å²) in [4.78, 5) is 2.09. The lowest BCUT2D eigenvalue weighted by Gasteiger charge is -2.20. The van der Waals surface area contributed by atoms with Gasteiger partial charge in [0.05, 0.1) is 0 Å². The lowest BCUT2D eigenvalue weighted by molar-refractivity contribution is 0.318. The van der Waals surface area contributed by atoms with E-state index in [2.05, 4.69) is 16.1 Å². The molecule has 4 nitrogen and oxygen atoms in total. The van der Waals surface area contributed by atoms with Gasteiger partial charge < -0.3 is 15.8 Å². The highest BCUT2D eigenvalue weighted by Gasteiger charge is 2.07. The van der Waals surface area contributed by atoms with E-state index in [4.69, 9.17) is 22.5 Å². The molecule has 2 aromatic carbocycles. The molecule has 0 aliphatic heterocycles. The monoisotopic (exact) mass is 303 g/mol. The second-order valence-corrected chi connectivity index (χ2v) is 5.39. The van der Waals surface area contributed by atoms with E-state index in [1.165, 1.54) is 0 Å². The topological polar surface area (TPSA) is 61.8 Å². The predicted molar refractivity (Wildman–Crippen MR) is 87.2 cm³/mol. The molecule has 0 fully saturated rings.